The number of allylic oxidation sites excluding steroid dienone is 1. The molecule has 3 fully saturated rings. The Morgan fingerprint density at radius 3 is 2.68 bits per heavy atom. The maximum Gasteiger partial charge on any atom is 0.416 e. The highest BCUT2D eigenvalue weighted by Gasteiger charge is 2.54. The summed E-state index contributed by atoms with van der Waals surface area (Å²) in [6, 6.07) is 9.07. The Kier molecular flexibility index (Phi) is 6.00. The van der Waals surface area contributed by atoms with E-state index in [1.807, 2.05) is 19.1 Å². The van der Waals surface area contributed by atoms with Gasteiger partial charge in [-0.05, 0) is 80.2 Å². The van der Waals surface area contributed by atoms with Gasteiger partial charge in [-0.15, -0.1) is 0 Å². The Hall–Kier alpha value is -2.67. The summed E-state index contributed by atoms with van der Waals surface area (Å²) in [5, 5.41) is 0. The van der Waals surface area contributed by atoms with Crippen LogP contribution in [0.2, 0.25) is 0 Å². The van der Waals surface area contributed by atoms with Crippen molar-refractivity contribution in [3.63, 3.8) is 0 Å². The topological polar surface area (TPSA) is 65.2 Å². The van der Waals surface area contributed by atoms with Gasteiger partial charge in [-0.2, -0.15) is 13.2 Å². The number of alkyl halides is 3. The lowest BCUT2D eigenvalue weighted by Crippen LogP contribution is -2.46. The molecule has 0 spiro atoms. The van der Waals surface area contributed by atoms with Crippen LogP contribution >= 0.6 is 0 Å². The fourth-order valence-corrected chi connectivity index (χ4v) is 6.41. The molecule has 2 N–H and O–H groups in total. The zero-order valence-corrected chi connectivity index (χ0v) is 19.0. The summed E-state index contributed by atoms with van der Waals surface area (Å²) in [5.74, 6) is 1.10. The summed E-state index contributed by atoms with van der Waals surface area (Å²) in [4.78, 5) is 17.0. The number of esters is 1. The van der Waals surface area contributed by atoms with Crippen LogP contribution in [0.15, 0.2) is 48.7 Å². The molecule has 2 saturated carbocycles. The molecule has 2 heterocycles. The molecule has 4 nitrogen and oxygen atoms in total. The predicted molar refractivity (Wildman–Crippen MR) is 123 cm³/mol. The Bertz CT molecular complexity index is 1080. The molecule has 180 valence electrons. The van der Waals surface area contributed by atoms with Gasteiger partial charge in [0.05, 0.1) is 17.2 Å². The number of cyclic esters (lactones) is 1. The molecule has 3 aliphatic rings. The van der Waals surface area contributed by atoms with Crippen molar-refractivity contribution < 1.29 is 22.7 Å². The molecule has 1 saturated heterocycles. The maximum absolute atomic E-state index is 13.0. The van der Waals surface area contributed by atoms with Crippen LogP contribution in [0.5, 0.6) is 0 Å². The summed E-state index contributed by atoms with van der Waals surface area (Å²) < 4.78 is 44.8. The van der Waals surface area contributed by atoms with E-state index in [9.17, 15) is 18.0 Å². The van der Waals surface area contributed by atoms with Gasteiger partial charge >= 0.3 is 12.1 Å². The average molecular weight is 471 g/mol. The molecule has 34 heavy (non-hydrogen) atoms. The van der Waals surface area contributed by atoms with Gasteiger partial charge in [0.25, 0.3) is 0 Å². The van der Waals surface area contributed by atoms with E-state index in [0.29, 0.717) is 23.0 Å². The Labute approximate surface area is 197 Å². The van der Waals surface area contributed by atoms with Crippen molar-refractivity contribution in [3.05, 3.63) is 59.9 Å². The monoisotopic (exact) mass is 470 g/mol. The second-order valence-electron chi connectivity index (χ2n) is 10.0. The summed E-state index contributed by atoms with van der Waals surface area (Å²) in [6.07, 6.45) is 5.12. The number of fused-ring (bicyclic) bond motifs is 2. The molecule has 2 aromatic rings. The molecule has 1 aromatic heterocycles. The van der Waals surface area contributed by atoms with E-state index in [1.165, 1.54) is 6.07 Å². The van der Waals surface area contributed by atoms with Gasteiger partial charge in [0.2, 0.25) is 0 Å². The highest BCUT2D eigenvalue weighted by Crippen LogP contribution is 2.53. The van der Waals surface area contributed by atoms with Crippen LogP contribution in [-0.2, 0) is 15.7 Å². The minimum atomic E-state index is -4.38. The van der Waals surface area contributed by atoms with Gasteiger partial charge < -0.3 is 10.5 Å². The Balaban J connectivity index is 1.38. The third-order valence-corrected chi connectivity index (χ3v) is 7.99. The number of hydrogen-bond donors (Lipinski definition) is 1. The number of rotatable bonds is 3. The minimum absolute atomic E-state index is 0.0764. The quantitative estimate of drug-likeness (QED) is 0.583. The zero-order chi connectivity index (χ0) is 24.0. The molecule has 0 radical (unpaired) electrons. The van der Waals surface area contributed by atoms with E-state index in [0.717, 1.165) is 43.5 Å². The third kappa shape index (κ3) is 4.38. The first-order chi connectivity index (χ1) is 16.2. The highest BCUT2D eigenvalue weighted by molar-refractivity contribution is 5.75. The molecule has 7 heteroatoms. The van der Waals surface area contributed by atoms with Crippen molar-refractivity contribution in [2.45, 2.75) is 50.9 Å². The zero-order valence-electron chi connectivity index (χ0n) is 19.0. The van der Waals surface area contributed by atoms with Gasteiger partial charge in [-0.3, -0.25) is 9.78 Å². The van der Waals surface area contributed by atoms with E-state index in [2.05, 4.69) is 11.1 Å². The Morgan fingerprint density at radius 1 is 1.12 bits per heavy atom. The van der Waals surface area contributed by atoms with Gasteiger partial charge in [-0.1, -0.05) is 24.3 Å². The van der Waals surface area contributed by atoms with Crippen molar-refractivity contribution >= 4 is 12.0 Å². The summed E-state index contributed by atoms with van der Waals surface area (Å²) >= 11 is 0. The number of carbonyl (C=O) groups is 1. The van der Waals surface area contributed by atoms with Gasteiger partial charge in [0.1, 0.15) is 6.10 Å². The van der Waals surface area contributed by atoms with E-state index < -0.39 is 11.7 Å². The van der Waals surface area contributed by atoms with Crippen LogP contribution in [0.3, 0.4) is 0 Å². The summed E-state index contributed by atoms with van der Waals surface area (Å²) in [6.45, 7) is 1.99. The largest absolute Gasteiger partial charge is 0.462 e. The molecular formula is C27H29F3N2O2. The first kappa shape index (κ1) is 23.1. The predicted octanol–water partition coefficient (Wildman–Crippen LogP) is 5.72. The molecule has 5 rings (SSSR count). The molecule has 1 aliphatic heterocycles. The number of nitrogens with two attached hydrogens (primary N) is 1. The van der Waals surface area contributed by atoms with Crippen molar-refractivity contribution in [2.75, 3.05) is 0 Å². The van der Waals surface area contributed by atoms with Gasteiger partial charge in [0.15, 0.2) is 0 Å². The molecular weight excluding hydrogens is 441 g/mol. The van der Waals surface area contributed by atoms with Crippen LogP contribution in [0, 0.1) is 29.6 Å². The number of nitrogens with zero attached hydrogens (tertiary/aromatic N) is 1. The van der Waals surface area contributed by atoms with Crippen LogP contribution in [-0.4, -0.2) is 23.1 Å². The number of ether oxygens (including phenoxy) is 1. The number of halogens is 3. The Morgan fingerprint density at radius 2 is 1.94 bits per heavy atom. The first-order valence-electron chi connectivity index (χ1n) is 12.0. The summed E-state index contributed by atoms with van der Waals surface area (Å²) in [5.41, 5.74) is 7.41. The second-order valence-corrected chi connectivity index (χ2v) is 10.0. The minimum Gasteiger partial charge on any atom is -0.462 e. The van der Waals surface area contributed by atoms with Crippen LogP contribution in [0.1, 0.15) is 43.9 Å². The number of carbonyl (C=O) groups excluding carboxylic acids is 1. The number of hydrogen-bond acceptors (Lipinski definition) is 4. The SMILES string of the molecule is C[C@H]1OC(=O)[C@@H]2C[C@@H]3C[C@H](N)CC[C@H]3[C@H](/C=C/c3ccc(-c4cccc(C(F)(F)F)c4)cn3)[C@H]12. The van der Waals surface area contributed by atoms with Crippen molar-refractivity contribution in [3.8, 4) is 11.1 Å². The van der Waals surface area contributed by atoms with E-state index in [1.54, 1.807) is 18.3 Å². The van der Waals surface area contributed by atoms with E-state index >= 15 is 0 Å². The molecule has 2 aliphatic carbocycles. The average Bonchev–Trinajstić information content (AvgIpc) is 3.09. The normalized spacial score (nSPS) is 33.4. The number of benzene rings is 1. The fraction of sp³-hybridized carbons (Fsp3) is 0.481. The van der Waals surface area contributed by atoms with Gasteiger partial charge in [-0.25, -0.2) is 0 Å². The lowest BCUT2D eigenvalue weighted by molar-refractivity contribution is -0.144. The van der Waals surface area contributed by atoms with Crippen LogP contribution in [0.25, 0.3) is 17.2 Å². The number of pyridine rings is 1. The standard InChI is InChI=1S/C27H29F3N2O2/c1-15-25-23(22-9-6-20(31)12-18(22)13-24(25)26(33)34-15)10-8-21-7-5-17(14-32-21)16-3-2-4-19(11-16)27(28,29)30/h2-5,7-8,10-11,14-15,18,20,22-25H,6,9,12-13,31H2,1H3/b10-8+/t15-,18+,20-,22-,23+,24-,25+/m1/s1. The first-order valence-corrected chi connectivity index (χ1v) is 12.0. The van der Waals surface area contributed by atoms with Crippen molar-refractivity contribution in [2.24, 2.45) is 35.3 Å². The fourth-order valence-electron chi connectivity index (χ4n) is 6.41. The number of aromatic nitrogens is 1. The van der Waals surface area contributed by atoms with E-state index in [4.69, 9.17) is 10.5 Å². The van der Waals surface area contributed by atoms with Gasteiger partial charge in [0, 0.05) is 23.7 Å². The highest BCUT2D eigenvalue weighted by atomic mass is 19.4. The maximum atomic E-state index is 13.0. The molecule has 7 atom stereocenters. The summed E-state index contributed by atoms with van der Waals surface area (Å²) in [7, 11) is 0. The smallest absolute Gasteiger partial charge is 0.416 e. The molecule has 0 amide bonds. The third-order valence-electron chi connectivity index (χ3n) is 7.99. The van der Waals surface area contributed by atoms with Crippen LogP contribution in [0.4, 0.5) is 13.2 Å². The van der Waals surface area contributed by atoms with E-state index in [-0.39, 0.29) is 35.9 Å². The molecule has 0 bridgehead atoms. The molecule has 1 aromatic carbocycles. The molecule has 0 unspecified atom stereocenters. The second kappa shape index (κ2) is 8.84. The van der Waals surface area contributed by atoms with Crippen LogP contribution < -0.4 is 5.73 Å². The van der Waals surface area contributed by atoms with Crippen molar-refractivity contribution in [1.29, 1.82) is 0 Å². The van der Waals surface area contributed by atoms with Crippen molar-refractivity contribution in [1.82, 2.24) is 4.98 Å². The lowest BCUT2D eigenvalue weighted by atomic mass is 9.57. The lowest BCUT2D eigenvalue weighted by Gasteiger charge is -2.47.